The Balaban J connectivity index is 1.88. The highest BCUT2D eigenvalue weighted by Crippen LogP contribution is 2.19. The zero-order chi connectivity index (χ0) is 14.5. The van der Waals surface area contributed by atoms with Crippen LogP contribution in [0.5, 0.6) is 5.75 Å². The largest absolute Gasteiger partial charge is 0.492 e. The summed E-state index contributed by atoms with van der Waals surface area (Å²) in [4.78, 5) is 13.0. The van der Waals surface area contributed by atoms with Crippen molar-refractivity contribution in [2.45, 2.75) is 19.9 Å². The maximum absolute atomic E-state index is 11.1. The van der Waals surface area contributed by atoms with E-state index in [0.29, 0.717) is 26.3 Å². The molecule has 1 N–H and O–H groups in total. The minimum Gasteiger partial charge on any atom is -0.492 e. The van der Waals surface area contributed by atoms with Gasteiger partial charge in [-0.1, -0.05) is 12.1 Å². The molecule has 1 fully saturated rings. The number of hydrogen-bond donors (Lipinski definition) is 1. The van der Waals surface area contributed by atoms with Gasteiger partial charge >= 0.3 is 5.97 Å². The first-order valence-corrected chi connectivity index (χ1v) is 6.82. The van der Waals surface area contributed by atoms with Crippen molar-refractivity contribution in [3.8, 4) is 5.75 Å². The van der Waals surface area contributed by atoms with Crippen LogP contribution in [-0.4, -0.2) is 54.9 Å². The molecule has 1 atom stereocenters. The molecule has 110 valence electrons. The van der Waals surface area contributed by atoms with Gasteiger partial charge < -0.3 is 14.6 Å². The molecule has 1 aromatic rings. The maximum Gasteiger partial charge on any atom is 0.323 e. The summed E-state index contributed by atoms with van der Waals surface area (Å²) < 4.78 is 11.0. The fourth-order valence-corrected chi connectivity index (χ4v) is 2.27. The second kappa shape index (κ2) is 6.72. The van der Waals surface area contributed by atoms with E-state index in [9.17, 15) is 4.79 Å². The van der Waals surface area contributed by atoms with E-state index in [4.69, 9.17) is 14.6 Å². The highest BCUT2D eigenvalue weighted by Gasteiger charge is 2.28. The van der Waals surface area contributed by atoms with Gasteiger partial charge in [0.25, 0.3) is 0 Å². The SMILES string of the molecule is Cc1ccc(C)c(OCCN2CCOCC2C(=O)O)c1. The number of morpholine rings is 1. The lowest BCUT2D eigenvalue weighted by molar-refractivity contribution is -0.149. The maximum atomic E-state index is 11.1. The smallest absolute Gasteiger partial charge is 0.323 e. The fraction of sp³-hybridized carbons (Fsp3) is 0.533. The summed E-state index contributed by atoms with van der Waals surface area (Å²) >= 11 is 0. The Labute approximate surface area is 119 Å². The van der Waals surface area contributed by atoms with Crippen molar-refractivity contribution in [1.29, 1.82) is 0 Å². The fourth-order valence-electron chi connectivity index (χ4n) is 2.27. The van der Waals surface area contributed by atoms with Crippen LogP contribution >= 0.6 is 0 Å². The molecule has 5 heteroatoms. The number of carboxylic acids is 1. The summed E-state index contributed by atoms with van der Waals surface area (Å²) in [6.45, 7) is 6.55. The van der Waals surface area contributed by atoms with E-state index in [2.05, 4.69) is 0 Å². The van der Waals surface area contributed by atoms with Crippen molar-refractivity contribution in [2.24, 2.45) is 0 Å². The van der Waals surface area contributed by atoms with Crippen molar-refractivity contribution in [2.75, 3.05) is 32.9 Å². The standard InChI is InChI=1S/C15H21NO4/c1-11-3-4-12(2)14(9-11)20-8-6-16-5-7-19-10-13(16)15(17)18/h3-4,9,13H,5-8,10H2,1-2H3,(H,17,18). The van der Waals surface area contributed by atoms with Gasteiger partial charge in [0.2, 0.25) is 0 Å². The van der Waals surface area contributed by atoms with Gasteiger partial charge in [0, 0.05) is 13.1 Å². The molecule has 1 unspecified atom stereocenters. The lowest BCUT2D eigenvalue weighted by Crippen LogP contribution is -2.51. The van der Waals surface area contributed by atoms with Crippen LogP contribution in [0.25, 0.3) is 0 Å². The molecule has 1 aliphatic rings. The summed E-state index contributed by atoms with van der Waals surface area (Å²) in [5.41, 5.74) is 2.24. The third-order valence-corrected chi connectivity index (χ3v) is 3.50. The van der Waals surface area contributed by atoms with Gasteiger partial charge in [0.15, 0.2) is 0 Å². The summed E-state index contributed by atoms with van der Waals surface area (Å²) in [6, 6.07) is 5.51. The monoisotopic (exact) mass is 279 g/mol. The molecular weight excluding hydrogens is 258 g/mol. The first kappa shape index (κ1) is 14.8. The van der Waals surface area contributed by atoms with Crippen LogP contribution in [0, 0.1) is 13.8 Å². The zero-order valence-corrected chi connectivity index (χ0v) is 12.0. The molecule has 0 amide bonds. The molecular formula is C15H21NO4. The number of carbonyl (C=O) groups is 1. The Bertz CT molecular complexity index is 475. The molecule has 1 aliphatic heterocycles. The van der Waals surface area contributed by atoms with E-state index >= 15 is 0 Å². The summed E-state index contributed by atoms with van der Waals surface area (Å²) in [6.07, 6.45) is 0. The quantitative estimate of drug-likeness (QED) is 0.884. The van der Waals surface area contributed by atoms with Crippen molar-refractivity contribution >= 4 is 5.97 Å². The second-order valence-corrected chi connectivity index (χ2v) is 5.08. The topological polar surface area (TPSA) is 59.0 Å². The van der Waals surface area contributed by atoms with Crippen LogP contribution in [0.15, 0.2) is 18.2 Å². The van der Waals surface area contributed by atoms with Gasteiger partial charge in [-0.3, -0.25) is 9.69 Å². The van der Waals surface area contributed by atoms with Crippen LogP contribution in [0.1, 0.15) is 11.1 Å². The molecule has 0 aromatic heterocycles. The van der Waals surface area contributed by atoms with Crippen LogP contribution < -0.4 is 4.74 Å². The molecule has 0 bridgehead atoms. The molecule has 0 aliphatic carbocycles. The Morgan fingerprint density at radius 3 is 3.05 bits per heavy atom. The third-order valence-electron chi connectivity index (χ3n) is 3.50. The van der Waals surface area contributed by atoms with E-state index in [1.54, 1.807) is 0 Å². The van der Waals surface area contributed by atoms with Gasteiger partial charge in [-0.2, -0.15) is 0 Å². The number of ether oxygens (including phenoxy) is 2. The molecule has 20 heavy (non-hydrogen) atoms. The van der Waals surface area contributed by atoms with Crippen LogP contribution in [0.3, 0.4) is 0 Å². The summed E-state index contributed by atoms with van der Waals surface area (Å²) in [5, 5.41) is 9.14. The number of aliphatic carboxylic acids is 1. The van der Waals surface area contributed by atoms with Gasteiger partial charge in [0.1, 0.15) is 18.4 Å². The Morgan fingerprint density at radius 2 is 2.30 bits per heavy atom. The van der Waals surface area contributed by atoms with Gasteiger partial charge in [-0.05, 0) is 31.0 Å². The van der Waals surface area contributed by atoms with Crippen LogP contribution in [0.2, 0.25) is 0 Å². The Morgan fingerprint density at radius 1 is 1.50 bits per heavy atom. The van der Waals surface area contributed by atoms with E-state index in [0.717, 1.165) is 16.9 Å². The normalized spacial score (nSPS) is 19.8. The van der Waals surface area contributed by atoms with E-state index in [1.165, 1.54) is 0 Å². The van der Waals surface area contributed by atoms with Gasteiger partial charge in [0.05, 0.1) is 13.2 Å². The number of carboxylic acid groups (broad SMARTS) is 1. The predicted octanol–water partition coefficient (Wildman–Crippen LogP) is 1.47. The minimum absolute atomic E-state index is 0.249. The highest BCUT2D eigenvalue weighted by molar-refractivity contribution is 5.73. The van der Waals surface area contributed by atoms with Crippen molar-refractivity contribution < 1.29 is 19.4 Å². The van der Waals surface area contributed by atoms with Gasteiger partial charge in [-0.25, -0.2) is 0 Å². The average molecular weight is 279 g/mol. The predicted molar refractivity (Wildman–Crippen MR) is 75.2 cm³/mol. The lowest BCUT2D eigenvalue weighted by atomic mass is 10.1. The number of hydrogen-bond acceptors (Lipinski definition) is 4. The number of benzene rings is 1. The molecule has 5 nitrogen and oxygen atoms in total. The molecule has 1 saturated heterocycles. The number of aryl methyl sites for hydroxylation is 2. The zero-order valence-electron chi connectivity index (χ0n) is 12.0. The lowest BCUT2D eigenvalue weighted by Gasteiger charge is -2.32. The van der Waals surface area contributed by atoms with Crippen molar-refractivity contribution in [3.05, 3.63) is 29.3 Å². The molecule has 1 aromatic carbocycles. The number of rotatable bonds is 5. The third kappa shape index (κ3) is 3.71. The van der Waals surface area contributed by atoms with Crippen LogP contribution in [-0.2, 0) is 9.53 Å². The minimum atomic E-state index is -0.837. The second-order valence-electron chi connectivity index (χ2n) is 5.08. The summed E-state index contributed by atoms with van der Waals surface area (Å²) in [5.74, 6) is 0.0292. The van der Waals surface area contributed by atoms with Crippen LogP contribution in [0.4, 0.5) is 0 Å². The van der Waals surface area contributed by atoms with E-state index in [-0.39, 0.29) is 6.61 Å². The molecule has 2 rings (SSSR count). The summed E-state index contributed by atoms with van der Waals surface area (Å²) in [7, 11) is 0. The van der Waals surface area contributed by atoms with Crippen molar-refractivity contribution in [1.82, 2.24) is 4.90 Å². The molecule has 0 saturated carbocycles. The number of nitrogens with zero attached hydrogens (tertiary/aromatic N) is 1. The van der Waals surface area contributed by atoms with E-state index in [1.807, 2.05) is 36.9 Å². The molecule has 1 heterocycles. The first-order valence-electron chi connectivity index (χ1n) is 6.82. The molecule has 0 spiro atoms. The van der Waals surface area contributed by atoms with Crippen molar-refractivity contribution in [3.63, 3.8) is 0 Å². The highest BCUT2D eigenvalue weighted by atomic mass is 16.5. The van der Waals surface area contributed by atoms with Gasteiger partial charge in [-0.15, -0.1) is 0 Å². The first-order chi connectivity index (χ1) is 9.58. The average Bonchev–Trinajstić information content (AvgIpc) is 2.43. The van der Waals surface area contributed by atoms with E-state index < -0.39 is 12.0 Å². The Kier molecular flexibility index (Phi) is 4.98. The molecule has 0 radical (unpaired) electrons. The Hall–Kier alpha value is -1.59.